The second-order valence-electron chi connectivity index (χ2n) is 4.72. The normalized spacial score (nSPS) is 10.7. The first-order valence-corrected chi connectivity index (χ1v) is 6.23. The molecule has 0 aliphatic rings. The van der Waals surface area contributed by atoms with Crippen LogP contribution in [0.5, 0.6) is 0 Å². The van der Waals surface area contributed by atoms with Gasteiger partial charge in [-0.1, -0.05) is 38.1 Å². The molecule has 0 fully saturated rings. The summed E-state index contributed by atoms with van der Waals surface area (Å²) < 4.78 is 1.17. The van der Waals surface area contributed by atoms with Gasteiger partial charge in [0.05, 0.1) is 0 Å². The molecule has 1 heterocycles. The van der Waals surface area contributed by atoms with E-state index >= 15 is 0 Å². The fourth-order valence-corrected chi connectivity index (χ4v) is 1.79. The maximum Gasteiger partial charge on any atom is 0.267 e. The molecule has 0 atom stereocenters. The number of hydrogen-bond donors (Lipinski definition) is 0. The molecule has 2 rings (SSSR count). The molecule has 2 aromatic rings. The Bertz CT molecular complexity index is 627. The van der Waals surface area contributed by atoms with Crippen LogP contribution >= 0.6 is 0 Å². The summed E-state index contributed by atoms with van der Waals surface area (Å²) in [5.74, 6) is 0.318. The number of aromatic nitrogens is 2. The van der Waals surface area contributed by atoms with Gasteiger partial charge >= 0.3 is 0 Å². The number of Topliss-reactive ketones (excluding diaryl/α,β-unsaturated/α-hetero) is 1. The number of rotatable bonds is 4. The highest BCUT2D eigenvalue weighted by molar-refractivity contribution is 5.95. The molecular formula is C15H16N2O2. The molecule has 98 valence electrons. The number of ketones is 1. The molecule has 0 aliphatic carbocycles. The van der Waals surface area contributed by atoms with E-state index in [1.165, 1.54) is 22.5 Å². The van der Waals surface area contributed by atoms with Gasteiger partial charge in [0, 0.05) is 17.8 Å². The van der Waals surface area contributed by atoms with E-state index in [2.05, 4.69) is 18.9 Å². The summed E-state index contributed by atoms with van der Waals surface area (Å²) in [7, 11) is 0. The van der Waals surface area contributed by atoms with Crippen molar-refractivity contribution in [3.63, 3.8) is 0 Å². The van der Waals surface area contributed by atoms with Crippen molar-refractivity contribution in [1.29, 1.82) is 0 Å². The maximum atomic E-state index is 12.0. The first-order valence-electron chi connectivity index (χ1n) is 6.23. The minimum atomic E-state index is -0.269. The fourth-order valence-electron chi connectivity index (χ4n) is 1.79. The van der Waals surface area contributed by atoms with Gasteiger partial charge in [0.2, 0.25) is 0 Å². The maximum absolute atomic E-state index is 12.0. The molecule has 0 amide bonds. The van der Waals surface area contributed by atoms with Crippen LogP contribution < -0.4 is 5.56 Å². The Labute approximate surface area is 111 Å². The minimum absolute atomic E-state index is 0.0271. The van der Waals surface area contributed by atoms with Gasteiger partial charge in [0.1, 0.15) is 6.54 Å². The van der Waals surface area contributed by atoms with E-state index in [4.69, 9.17) is 0 Å². The van der Waals surface area contributed by atoms with Gasteiger partial charge in [0.15, 0.2) is 5.78 Å². The predicted octanol–water partition coefficient (Wildman–Crippen LogP) is 2.25. The second kappa shape index (κ2) is 5.61. The third-order valence-electron chi connectivity index (χ3n) is 2.98. The van der Waals surface area contributed by atoms with Gasteiger partial charge < -0.3 is 0 Å². The molecule has 0 N–H and O–H groups in total. The molecule has 0 aliphatic heterocycles. The van der Waals surface area contributed by atoms with Gasteiger partial charge in [-0.15, -0.1) is 0 Å². The van der Waals surface area contributed by atoms with Crippen LogP contribution in [0.25, 0.3) is 0 Å². The van der Waals surface area contributed by atoms with Crippen LogP contribution in [0.1, 0.15) is 35.7 Å². The van der Waals surface area contributed by atoms with E-state index in [-0.39, 0.29) is 17.9 Å². The molecule has 0 saturated heterocycles. The van der Waals surface area contributed by atoms with E-state index in [1.807, 2.05) is 12.1 Å². The SMILES string of the molecule is CC(C)c1ccc(C(=O)Cn2ncccc2=O)cc1. The van der Waals surface area contributed by atoms with E-state index < -0.39 is 0 Å². The van der Waals surface area contributed by atoms with E-state index in [0.717, 1.165) is 0 Å². The van der Waals surface area contributed by atoms with Gasteiger partial charge in [-0.05, 0) is 17.5 Å². The highest BCUT2D eigenvalue weighted by atomic mass is 16.1. The van der Waals surface area contributed by atoms with Crippen molar-refractivity contribution in [3.8, 4) is 0 Å². The smallest absolute Gasteiger partial charge is 0.267 e. The topological polar surface area (TPSA) is 52.0 Å². The highest BCUT2D eigenvalue weighted by Gasteiger charge is 2.09. The van der Waals surface area contributed by atoms with Crippen molar-refractivity contribution in [2.45, 2.75) is 26.3 Å². The predicted molar refractivity (Wildman–Crippen MR) is 73.4 cm³/mol. The number of hydrogen-bond acceptors (Lipinski definition) is 3. The third kappa shape index (κ3) is 3.16. The molecule has 4 nitrogen and oxygen atoms in total. The summed E-state index contributed by atoms with van der Waals surface area (Å²) >= 11 is 0. The molecule has 1 aromatic carbocycles. The molecule has 4 heteroatoms. The lowest BCUT2D eigenvalue weighted by atomic mass is 10.0. The molecule has 1 aromatic heterocycles. The molecule has 19 heavy (non-hydrogen) atoms. The van der Waals surface area contributed by atoms with Crippen LogP contribution in [0.15, 0.2) is 47.4 Å². The molecule has 0 bridgehead atoms. The minimum Gasteiger partial charge on any atom is -0.292 e. The molecular weight excluding hydrogens is 240 g/mol. The van der Waals surface area contributed by atoms with Crippen LogP contribution in [0.4, 0.5) is 0 Å². The Hall–Kier alpha value is -2.23. The van der Waals surface area contributed by atoms with Gasteiger partial charge in [-0.3, -0.25) is 9.59 Å². The lowest BCUT2D eigenvalue weighted by molar-refractivity contribution is 0.0965. The summed E-state index contributed by atoms with van der Waals surface area (Å²) in [4.78, 5) is 23.5. The van der Waals surface area contributed by atoms with E-state index in [0.29, 0.717) is 11.5 Å². The zero-order valence-corrected chi connectivity index (χ0v) is 11.0. The number of nitrogens with zero attached hydrogens (tertiary/aromatic N) is 2. The summed E-state index contributed by atoms with van der Waals surface area (Å²) in [5, 5.41) is 3.87. The Kier molecular flexibility index (Phi) is 3.90. The number of carbonyl (C=O) groups is 1. The summed E-state index contributed by atoms with van der Waals surface area (Å²) in [5.41, 5.74) is 1.52. The molecule has 0 spiro atoms. The molecule has 0 saturated carbocycles. The summed E-state index contributed by atoms with van der Waals surface area (Å²) in [6, 6.07) is 10.4. The first-order chi connectivity index (χ1) is 9.08. The lowest BCUT2D eigenvalue weighted by Gasteiger charge is -2.07. The Morgan fingerprint density at radius 2 is 1.89 bits per heavy atom. The van der Waals surface area contributed by atoms with Crippen molar-refractivity contribution < 1.29 is 4.79 Å². The number of carbonyl (C=O) groups excluding carboxylic acids is 1. The quantitative estimate of drug-likeness (QED) is 0.788. The Morgan fingerprint density at radius 3 is 2.47 bits per heavy atom. The average Bonchev–Trinajstić information content (AvgIpc) is 2.41. The Morgan fingerprint density at radius 1 is 1.21 bits per heavy atom. The standard InChI is InChI=1S/C15H16N2O2/c1-11(2)12-5-7-13(8-6-12)14(18)10-17-15(19)4-3-9-16-17/h3-9,11H,10H2,1-2H3. The fraction of sp³-hybridized carbons (Fsp3) is 0.267. The first kappa shape index (κ1) is 13.2. The van der Waals surface area contributed by atoms with E-state index in [9.17, 15) is 9.59 Å². The van der Waals surface area contributed by atoms with E-state index in [1.54, 1.807) is 18.2 Å². The van der Waals surface area contributed by atoms with Crippen molar-refractivity contribution in [3.05, 3.63) is 64.1 Å². The van der Waals surface area contributed by atoms with Crippen LogP contribution in [0.2, 0.25) is 0 Å². The summed E-state index contributed by atoms with van der Waals surface area (Å²) in [6.45, 7) is 4.18. The van der Waals surface area contributed by atoms with Gasteiger partial charge in [-0.2, -0.15) is 5.10 Å². The lowest BCUT2D eigenvalue weighted by Crippen LogP contribution is -2.25. The van der Waals surface area contributed by atoms with Gasteiger partial charge in [-0.25, -0.2) is 4.68 Å². The monoisotopic (exact) mass is 256 g/mol. The van der Waals surface area contributed by atoms with Gasteiger partial charge in [0.25, 0.3) is 5.56 Å². The average molecular weight is 256 g/mol. The van der Waals surface area contributed by atoms with Crippen molar-refractivity contribution >= 4 is 5.78 Å². The zero-order chi connectivity index (χ0) is 13.8. The third-order valence-corrected chi connectivity index (χ3v) is 2.98. The zero-order valence-electron chi connectivity index (χ0n) is 11.0. The largest absolute Gasteiger partial charge is 0.292 e. The molecule has 0 radical (unpaired) electrons. The van der Waals surface area contributed by atoms with Crippen molar-refractivity contribution in [2.75, 3.05) is 0 Å². The van der Waals surface area contributed by atoms with Crippen LogP contribution in [-0.2, 0) is 6.54 Å². The van der Waals surface area contributed by atoms with Crippen LogP contribution in [0.3, 0.4) is 0 Å². The van der Waals surface area contributed by atoms with Crippen LogP contribution in [0, 0.1) is 0 Å². The van der Waals surface area contributed by atoms with Crippen molar-refractivity contribution in [1.82, 2.24) is 9.78 Å². The second-order valence-corrected chi connectivity index (χ2v) is 4.72. The summed E-state index contributed by atoms with van der Waals surface area (Å²) in [6.07, 6.45) is 1.50. The van der Waals surface area contributed by atoms with Crippen molar-refractivity contribution in [2.24, 2.45) is 0 Å². The highest BCUT2D eigenvalue weighted by Crippen LogP contribution is 2.15. The Balaban J connectivity index is 2.17. The number of benzene rings is 1. The molecule has 0 unspecified atom stereocenters. The van der Waals surface area contributed by atoms with Crippen LogP contribution in [-0.4, -0.2) is 15.6 Å².